The van der Waals surface area contributed by atoms with Crippen LogP contribution in [0.3, 0.4) is 0 Å². The van der Waals surface area contributed by atoms with Gasteiger partial charge in [0.2, 0.25) is 0 Å². The van der Waals surface area contributed by atoms with Gasteiger partial charge in [0.1, 0.15) is 0 Å². The Kier molecular flexibility index (Phi) is 4.68. The molecule has 2 fully saturated rings. The molecule has 0 atom stereocenters. The monoisotopic (exact) mass is 371 g/mol. The summed E-state index contributed by atoms with van der Waals surface area (Å²) in [7, 11) is -6.95. The Hall–Kier alpha value is -1.08. The van der Waals surface area contributed by atoms with Gasteiger partial charge in [-0.15, -0.1) is 0 Å². The van der Waals surface area contributed by atoms with Crippen molar-refractivity contribution in [2.75, 3.05) is 30.5 Å². The van der Waals surface area contributed by atoms with E-state index in [0.717, 1.165) is 25.6 Å². The van der Waals surface area contributed by atoms with E-state index in [1.807, 2.05) is 0 Å². The highest BCUT2D eigenvalue weighted by Crippen LogP contribution is 2.37. The normalized spacial score (nSPS) is 19.1. The van der Waals surface area contributed by atoms with Crippen LogP contribution in [0.2, 0.25) is 0 Å². The quantitative estimate of drug-likeness (QED) is 0.736. The van der Waals surface area contributed by atoms with E-state index >= 15 is 0 Å². The minimum absolute atomic E-state index is 0.0571. The van der Waals surface area contributed by atoms with E-state index < -0.39 is 19.7 Å². The molecule has 7 heteroatoms. The van der Waals surface area contributed by atoms with E-state index in [4.69, 9.17) is 0 Å². The van der Waals surface area contributed by atoms with Crippen molar-refractivity contribution in [3.05, 3.63) is 18.2 Å². The lowest BCUT2D eigenvalue weighted by molar-refractivity contribution is 0.316. The standard InChI is InChI=1S/C17H25NO4S2/c1-23(19,20)15-8-9-16(17(10-15)24(2,21)22)18(12-14-6-7-14)11-13-4-3-5-13/h8-10,13-14H,3-7,11-12H2,1-2H3. The van der Waals surface area contributed by atoms with Crippen molar-refractivity contribution < 1.29 is 16.8 Å². The molecule has 0 heterocycles. The van der Waals surface area contributed by atoms with Gasteiger partial charge in [-0.3, -0.25) is 0 Å². The number of nitrogens with zero attached hydrogens (tertiary/aromatic N) is 1. The molecule has 1 aromatic carbocycles. The first kappa shape index (κ1) is 17.7. The first-order chi connectivity index (χ1) is 11.1. The number of hydrogen-bond donors (Lipinski definition) is 0. The summed E-state index contributed by atoms with van der Waals surface area (Å²) in [4.78, 5) is 2.36. The molecule has 2 aliphatic carbocycles. The molecular formula is C17H25NO4S2. The number of benzene rings is 1. The fourth-order valence-electron chi connectivity index (χ4n) is 3.15. The Bertz CT molecular complexity index is 822. The summed E-state index contributed by atoms with van der Waals surface area (Å²) in [6, 6.07) is 4.52. The molecule has 0 aliphatic heterocycles. The van der Waals surface area contributed by atoms with Crippen LogP contribution in [0.25, 0.3) is 0 Å². The zero-order chi connectivity index (χ0) is 17.5. The molecule has 0 N–H and O–H groups in total. The topological polar surface area (TPSA) is 71.5 Å². The Morgan fingerprint density at radius 1 is 0.917 bits per heavy atom. The number of rotatable bonds is 7. The van der Waals surface area contributed by atoms with Gasteiger partial charge in [-0.2, -0.15) is 0 Å². The van der Waals surface area contributed by atoms with Crippen LogP contribution in [0.4, 0.5) is 5.69 Å². The summed E-state index contributed by atoms with van der Waals surface area (Å²) < 4.78 is 48.2. The van der Waals surface area contributed by atoms with Gasteiger partial charge in [0.15, 0.2) is 19.7 Å². The highest BCUT2D eigenvalue weighted by atomic mass is 32.2. The number of sulfone groups is 2. The Labute approximate surface area is 144 Å². The molecule has 0 amide bonds. The summed E-state index contributed by atoms with van der Waals surface area (Å²) in [6.07, 6.45) is 8.26. The zero-order valence-corrected chi connectivity index (χ0v) is 15.9. The highest BCUT2D eigenvalue weighted by Gasteiger charge is 2.30. The predicted molar refractivity (Wildman–Crippen MR) is 94.9 cm³/mol. The maximum atomic E-state index is 12.3. The second kappa shape index (κ2) is 6.33. The first-order valence-corrected chi connectivity index (χ1v) is 12.2. The summed E-state index contributed by atoms with van der Waals surface area (Å²) in [5.41, 5.74) is 0.656. The van der Waals surface area contributed by atoms with Crippen LogP contribution in [0.15, 0.2) is 28.0 Å². The smallest absolute Gasteiger partial charge is 0.177 e. The van der Waals surface area contributed by atoms with Crippen LogP contribution in [-0.4, -0.2) is 42.4 Å². The first-order valence-electron chi connectivity index (χ1n) is 8.43. The molecule has 24 heavy (non-hydrogen) atoms. The Morgan fingerprint density at radius 3 is 1.92 bits per heavy atom. The second-order valence-corrected chi connectivity index (χ2v) is 11.3. The highest BCUT2D eigenvalue weighted by molar-refractivity contribution is 7.91. The lowest BCUT2D eigenvalue weighted by Crippen LogP contribution is -2.35. The molecule has 3 rings (SSSR count). The van der Waals surface area contributed by atoms with E-state index in [0.29, 0.717) is 17.5 Å². The van der Waals surface area contributed by atoms with Crippen LogP contribution in [-0.2, 0) is 19.7 Å². The maximum Gasteiger partial charge on any atom is 0.177 e. The third-order valence-electron chi connectivity index (χ3n) is 4.98. The molecule has 1 aromatic rings. The SMILES string of the molecule is CS(=O)(=O)c1ccc(N(CC2CCC2)CC2CC2)c(S(C)(=O)=O)c1. The molecule has 134 valence electrons. The van der Waals surface area contributed by atoms with Crippen LogP contribution >= 0.6 is 0 Å². The van der Waals surface area contributed by atoms with Crippen LogP contribution < -0.4 is 4.90 Å². The van der Waals surface area contributed by atoms with E-state index in [1.165, 1.54) is 44.2 Å². The Morgan fingerprint density at radius 2 is 1.50 bits per heavy atom. The fraction of sp³-hybridized carbons (Fsp3) is 0.647. The van der Waals surface area contributed by atoms with Gasteiger partial charge in [-0.25, -0.2) is 16.8 Å². The van der Waals surface area contributed by atoms with Crippen LogP contribution in [0, 0.1) is 11.8 Å². The molecule has 0 unspecified atom stereocenters. The maximum absolute atomic E-state index is 12.3. The zero-order valence-electron chi connectivity index (χ0n) is 14.2. The van der Waals surface area contributed by atoms with Crippen molar-refractivity contribution in [2.45, 2.75) is 41.9 Å². The molecule has 2 aliphatic rings. The van der Waals surface area contributed by atoms with E-state index in [9.17, 15) is 16.8 Å². The fourth-order valence-corrected chi connectivity index (χ4v) is 4.79. The lowest BCUT2D eigenvalue weighted by Gasteiger charge is -2.35. The van der Waals surface area contributed by atoms with Crippen molar-refractivity contribution in [2.24, 2.45) is 11.8 Å². The number of anilines is 1. The van der Waals surface area contributed by atoms with Gasteiger partial charge >= 0.3 is 0 Å². The molecular weight excluding hydrogens is 346 g/mol. The number of hydrogen-bond acceptors (Lipinski definition) is 5. The van der Waals surface area contributed by atoms with Crippen LogP contribution in [0.5, 0.6) is 0 Å². The van der Waals surface area contributed by atoms with Gasteiger partial charge in [0.25, 0.3) is 0 Å². The van der Waals surface area contributed by atoms with Gasteiger partial charge < -0.3 is 4.90 Å². The van der Waals surface area contributed by atoms with Crippen molar-refractivity contribution in [1.29, 1.82) is 0 Å². The van der Waals surface area contributed by atoms with Gasteiger partial charge in [-0.1, -0.05) is 6.42 Å². The summed E-state index contributed by atoms with van der Waals surface area (Å²) in [5.74, 6) is 1.25. The molecule has 5 nitrogen and oxygen atoms in total. The lowest BCUT2D eigenvalue weighted by atomic mass is 9.85. The summed E-state index contributed by atoms with van der Waals surface area (Å²) in [5, 5.41) is 0. The van der Waals surface area contributed by atoms with Crippen molar-refractivity contribution in [3.8, 4) is 0 Å². The average molecular weight is 372 g/mol. The molecule has 0 radical (unpaired) electrons. The molecule has 0 bridgehead atoms. The molecule has 0 saturated heterocycles. The molecule has 2 saturated carbocycles. The molecule has 0 aromatic heterocycles. The minimum atomic E-state index is -3.51. The minimum Gasteiger partial charge on any atom is -0.370 e. The van der Waals surface area contributed by atoms with Crippen molar-refractivity contribution in [3.63, 3.8) is 0 Å². The largest absolute Gasteiger partial charge is 0.370 e. The van der Waals surface area contributed by atoms with E-state index in [1.54, 1.807) is 6.07 Å². The average Bonchev–Trinajstić information content (AvgIpc) is 3.22. The Balaban J connectivity index is 2.01. The van der Waals surface area contributed by atoms with Crippen LogP contribution in [0.1, 0.15) is 32.1 Å². The van der Waals surface area contributed by atoms with Gasteiger partial charge in [-0.05, 0) is 55.7 Å². The third kappa shape index (κ3) is 4.11. The van der Waals surface area contributed by atoms with Crippen molar-refractivity contribution >= 4 is 25.4 Å². The van der Waals surface area contributed by atoms with E-state index in [-0.39, 0.29) is 9.79 Å². The summed E-state index contributed by atoms with van der Waals surface area (Å²) >= 11 is 0. The summed E-state index contributed by atoms with van der Waals surface area (Å²) in [6.45, 7) is 1.72. The molecule has 0 spiro atoms. The second-order valence-electron chi connectivity index (χ2n) is 7.32. The van der Waals surface area contributed by atoms with Gasteiger partial charge in [0.05, 0.1) is 15.5 Å². The third-order valence-corrected chi connectivity index (χ3v) is 7.21. The predicted octanol–water partition coefficient (Wildman–Crippen LogP) is 2.51. The van der Waals surface area contributed by atoms with E-state index in [2.05, 4.69) is 4.90 Å². The van der Waals surface area contributed by atoms with Gasteiger partial charge in [0, 0.05) is 25.6 Å². The van der Waals surface area contributed by atoms with Crippen molar-refractivity contribution in [1.82, 2.24) is 0 Å².